The third kappa shape index (κ3) is 6.67. The van der Waals surface area contributed by atoms with E-state index in [2.05, 4.69) is 20.9 Å². The normalized spacial score (nSPS) is 32.7. The Morgan fingerprint density at radius 1 is 1.09 bits per heavy atom. The van der Waals surface area contributed by atoms with Crippen LogP contribution < -0.4 is 15.4 Å². The van der Waals surface area contributed by atoms with Gasteiger partial charge in [0.2, 0.25) is 17.7 Å². The molecule has 4 aliphatic rings. The van der Waals surface area contributed by atoms with Gasteiger partial charge in [-0.25, -0.2) is 4.68 Å². The Morgan fingerprint density at radius 3 is 2.67 bits per heavy atom. The van der Waals surface area contributed by atoms with Gasteiger partial charge in [-0.1, -0.05) is 17.3 Å². The maximum atomic E-state index is 14.4. The van der Waals surface area contributed by atoms with Gasteiger partial charge in [0.25, 0.3) is 0 Å². The lowest BCUT2D eigenvalue weighted by atomic mass is 10.0. The highest BCUT2D eigenvalue weighted by atomic mass is 16.5. The molecule has 6 rings (SSSR count). The lowest BCUT2D eigenvalue weighted by molar-refractivity contribution is -0.142. The number of rotatable bonds is 6. The Morgan fingerprint density at radius 2 is 1.89 bits per heavy atom. The molecule has 2 aromatic rings. The first-order chi connectivity index (χ1) is 21.6. The van der Waals surface area contributed by atoms with Crippen molar-refractivity contribution in [2.24, 2.45) is 0 Å². The molecule has 4 N–H and O–H groups in total. The van der Waals surface area contributed by atoms with Crippen LogP contribution in [0.4, 0.5) is 0 Å². The number of methoxy groups -OCH3 is 1. The number of aliphatic hydroxyl groups excluding tert-OH is 2. The van der Waals surface area contributed by atoms with Crippen LogP contribution in [0.3, 0.4) is 0 Å². The fourth-order valence-electron chi connectivity index (χ4n) is 6.97. The van der Waals surface area contributed by atoms with Crippen LogP contribution in [-0.2, 0) is 32.2 Å². The average Bonchev–Trinajstić information content (AvgIpc) is 3.79. The highest BCUT2D eigenvalue weighted by Gasteiger charge is 2.48. The van der Waals surface area contributed by atoms with E-state index in [0.717, 1.165) is 11.3 Å². The van der Waals surface area contributed by atoms with Gasteiger partial charge in [0.15, 0.2) is 0 Å². The molecule has 15 nitrogen and oxygen atoms in total. The first kappa shape index (κ1) is 31.4. The molecule has 0 spiro atoms. The Labute approximate surface area is 261 Å². The summed E-state index contributed by atoms with van der Waals surface area (Å²) in [5.74, 6) is -0.227. The number of benzene rings is 1. The van der Waals surface area contributed by atoms with Crippen molar-refractivity contribution < 1.29 is 34.1 Å². The lowest BCUT2D eigenvalue weighted by Gasteiger charge is -2.31. The number of aromatic nitrogens is 3. The number of nitrogens with zero attached hydrogens (tertiary/aromatic N) is 6. The Hall–Kier alpha value is -3.63. The summed E-state index contributed by atoms with van der Waals surface area (Å²) in [6, 6.07) is 5.58. The molecule has 45 heavy (non-hydrogen) atoms. The van der Waals surface area contributed by atoms with Crippen LogP contribution in [0.2, 0.25) is 0 Å². The molecule has 1 aromatic carbocycles. The van der Waals surface area contributed by atoms with E-state index >= 15 is 0 Å². The van der Waals surface area contributed by atoms with Gasteiger partial charge in [0, 0.05) is 45.2 Å². The van der Waals surface area contributed by atoms with Crippen molar-refractivity contribution in [2.45, 2.75) is 80.9 Å². The second kappa shape index (κ2) is 13.0. The minimum Gasteiger partial charge on any atom is -0.497 e. The van der Waals surface area contributed by atoms with E-state index in [9.17, 15) is 24.6 Å². The van der Waals surface area contributed by atoms with E-state index in [4.69, 9.17) is 9.47 Å². The van der Waals surface area contributed by atoms with Crippen molar-refractivity contribution in [3.8, 4) is 5.75 Å². The molecule has 5 heterocycles. The number of carbonyl (C=O) groups excluding carboxylic acids is 3. The van der Waals surface area contributed by atoms with Gasteiger partial charge in [-0.3, -0.25) is 19.3 Å². The number of hydrogen-bond donors (Lipinski definition) is 4. The Balaban J connectivity index is 1.30. The minimum absolute atomic E-state index is 0.0807. The number of carbonyl (C=O) groups is 3. The fraction of sp³-hybridized carbons (Fsp3) is 0.633. The lowest BCUT2D eigenvalue weighted by Crippen LogP contribution is -2.53. The van der Waals surface area contributed by atoms with E-state index in [1.54, 1.807) is 16.7 Å². The molecule has 0 saturated carbocycles. The van der Waals surface area contributed by atoms with Crippen LogP contribution in [0.5, 0.6) is 5.75 Å². The molecule has 244 valence electrons. The standard InChI is InChI=1S/C30H42N8O7/c1-35(2)13-19-15-38(34-33-19)20-9-22-29(42)31-11-25-28(41)27(40)24(45-25)10-26(39)32-18-8-23(30(43)37(22)16-20)36(14-18)12-17-5-4-6-21(7-17)44-3/h4-7,15,18,20,22-25,27-28,40-41H,8-14,16H2,1-3H3,(H,31,42)(H,32,39)/t18-,20+,22+,23+,24+,25-,27+,28-/m1/s1. The molecule has 0 radical (unpaired) electrons. The third-order valence-corrected chi connectivity index (χ3v) is 9.17. The second-order valence-corrected chi connectivity index (χ2v) is 12.8. The molecule has 4 aliphatic heterocycles. The molecule has 0 aliphatic carbocycles. The quantitative estimate of drug-likeness (QED) is 0.287. The Kier molecular flexibility index (Phi) is 9.06. The van der Waals surface area contributed by atoms with E-state index in [1.807, 2.05) is 54.4 Å². The summed E-state index contributed by atoms with van der Waals surface area (Å²) in [4.78, 5) is 46.9. The number of aliphatic hydroxyl groups is 2. The van der Waals surface area contributed by atoms with Crippen molar-refractivity contribution in [3.05, 3.63) is 41.7 Å². The van der Waals surface area contributed by atoms with Crippen LogP contribution >= 0.6 is 0 Å². The first-order valence-electron chi connectivity index (χ1n) is 15.4. The SMILES string of the molecule is COc1cccc(CN2C[C@H]3C[C@H]2C(=O)N2C[C@@H](n4cc(CN(C)C)nn4)C[C@H]2C(=O)NC[C@H]2O[C@@H](CC(=O)N3)[C@H](O)[C@@H]2O)c1. The predicted molar refractivity (Wildman–Crippen MR) is 159 cm³/mol. The summed E-state index contributed by atoms with van der Waals surface area (Å²) in [5.41, 5.74) is 1.72. The van der Waals surface area contributed by atoms with Crippen LogP contribution in [0, 0.1) is 0 Å². The summed E-state index contributed by atoms with van der Waals surface area (Å²) in [5, 5.41) is 35.7. The van der Waals surface area contributed by atoms with Gasteiger partial charge in [-0.05, 0) is 38.2 Å². The monoisotopic (exact) mass is 626 g/mol. The van der Waals surface area contributed by atoms with E-state index in [1.165, 1.54) is 0 Å². The van der Waals surface area contributed by atoms with Gasteiger partial charge in [0.1, 0.15) is 30.1 Å². The van der Waals surface area contributed by atoms with E-state index in [-0.39, 0.29) is 49.3 Å². The van der Waals surface area contributed by atoms with Crippen LogP contribution in [0.25, 0.3) is 0 Å². The largest absolute Gasteiger partial charge is 0.497 e. The third-order valence-electron chi connectivity index (χ3n) is 9.17. The average molecular weight is 627 g/mol. The first-order valence-corrected chi connectivity index (χ1v) is 15.4. The molecule has 4 saturated heterocycles. The number of fused-ring (bicyclic) bond motifs is 5. The second-order valence-electron chi connectivity index (χ2n) is 12.8. The van der Waals surface area contributed by atoms with Crippen molar-refractivity contribution in [2.75, 3.05) is 40.8 Å². The molecule has 15 heteroatoms. The van der Waals surface area contributed by atoms with Gasteiger partial charge in [-0.15, -0.1) is 5.10 Å². The van der Waals surface area contributed by atoms with E-state index < -0.39 is 36.5 Å². The molecule has 8 atom stereocenters. The molecule has 4 bridgehead atoms. The molecule has 4 fully saturated rings. The summed E-state index contributed by atoms with van der Waals surface area (Å²) < 4.78 is 13.0. The van der Waals surface area contributed by atoms with Crippen molar-refractivity contribution >= 4 is 17.7 Å². The van der Waals surface area contributed by atoms with Crippen molar-refractivity contribution in [3.63, 3.8) is 0 Å². The fourth-order valence-corrected chi connectivity index (χ4v) is 6.97. The highest BCUT2D eigenvalue weighted by Crippen LogP contribution is 2.32. The van der Waals surface area contributed by atoms with Crippen molar-refractivity contribution in [1.82, 2.24) is 40.3 Å². The topological polar surface area (TPSA) is 175 Å². The van der Waals surface area contributed by atoms with Crippen LogP contribution in [0.1, 0.15) is 36.6 Å². The summed E-state index contributed by atoms with van der Waals surface area (Å²) >= 11 is 0. The minimum atomic E-state index is -1.27. The zero-order chi connectivity index (χ0) is 31.8. The smallest absolute Gasteiger partial charge is 0.242 e. The van der Waals surface area contributed by atoms with Gasteiger partial charge in [0.05, 0.1) is 43.6 Å². The summed E-state index contributed by atoms with van der Waals surface area (Å²) in [6.45, 7) is 1.62. The number of amides is 3. The molecule has 0 unspecified atom stereocenters. The van der Waals surface area contributed by atoms with Crippen LogP contribution in [-0.4, -0.2) is 141 Å². The van der Waals surface area contributed by atoms with Crippen molar-refractivity contribution in [1.29, 1.82) is 0 Å². The van der Waals surface area contributed by atoms with Gasteiger partial charge >= 0.3 is 0 Å². The highest BCUT2D eigenvalue weighted by molar-refractivity contribution is 5.91. The number of nitrogens with one attached hydrogen (secondary N) is 2. The molecular formula is C30H42N8O7. The molecule has 3 amide bonds. The molecule has 1 aromatic heterocycles. The maximum Gasteiger partial charge on any atom is 0.242 e. The summed E-state index contributed by atoms with van der Waals surface area (Å²) in [7, 11) is 5.48. The summed E-state index contributed by atoms with van der Waals surface area (Å²) in [6.07, 6.45) is -2.00. The predicted octanol–water partition coefficient (Wildman–Crippen LogP) is -1.74. The van der Waals surface area contributed by atoms with Gasteiger partial charge in [-0.2, -0.15) is 0 Å². The Bertz CT molecular complexity index is 1400. The number of likely N-dealkylation sites (tertiary alicyclic amines) is 1. The maximum absolute atomic E-state index is 14.4. The van der Waals surface area contributed by atoms with Crippen LogP contribution in [0.15, 0.2) is 30.5 Å². The van der Waals surface area contributed by atoms with Gasteiger partial charge < -0.3 is 40.1 Å². The number of ether oxygens (including phenoxy) is 2. The zero-order valence-electron chi connectivity index (χ0n) is 25.8. The number of hydrogen-bond acceptors (Lipinski definition) is 11. The van der Waals surface area contributed by atoms with E-state index in [0.29, 0.717) is 38.2 Å². The zero-order valence-corrected chi connectivity index (χ0v) is 25.8. The molecular weight excluding hydrogens is 584 g/mol.